The zero-order valence-corrected chi connectivity index (χ0v) is 12.5. The first-order valence-corrected chi connectivity index (χ1v) is 7.64. The Hall–Kier alpha value is -2.28. The summed E-state index contributed by atoms with van der Waals surface area (Å²) in [6, 6.07) is 3.15. The molecule has 1 saturated heterocycles. The SMILES string of the molecule is O=C1NCCCC[C@@H]1NCc1cn[nH]c1-c1ccc(F)cc1F. The molecule has 122 valence electrons. The molecule has 1 aromatic heterocycles. The molecule has 0 spiro atoms. The molecule has 1 aromatic carbocycles. The normalized spacial score (nSPS) is 18.5. The van der Waals surface area contributed by atoms with Gasteiger partial charge in [0.15, 0.2) is 0 Å². The zero-order chi connectivity index (χ0) is 16.2. The molecule has 0 aliphatic carbocycles. The van der Waals surface area contributed by atoms with Crippen LogP contribution in [0, 0.1) is 11.6 Å². The molecule has 1 amide bonds. The summed E-state index contributed by atoms with van der Waals surface area (Å²) in [6.07, 6.45) is 4.30. The Balaban J connectivity index is 1.74. The van der Waals surface area contributed by atoms with E-state index in [-0.39, 0.29) is 17.5 Å². The summed E-state index contributed by atoms with van der Waals surface area (Å²) >= 11 is 0. The average molecular weight is 320 g/mol. The molecule has 0 radical (unpaired) electrons. The topological polar surface area (TPSA) is 69.8 Å². The summed E-state index contributed by atoms with van der Waals surface area (Å²) < 4.78 is 27.0. The van der Waals surface area contributed by atoms with Gasteiger partial charge in [-0.25, -0.2) is 8.78 Å². The van der Waals surface area contributed by atoms with Crippen molar-refractivity contribution in [3.8, 4) is 11.3 Å². The number of nitrogens with one attached hydrogen (secondary N) is 3. The zero-order valence-electron chi connectivity index (χ0n) is 12.5. The number of hydrogen-bond donors (Lipinski definition) is 3. The van der Waals surface area contributed by atoms with E-state index in [2.05, 4.69) is 20.8 Å². The van der Waals surface area contributed by atoms with E-state index in [4.69, 9.17) is 0 Å². The van der Waals surface area contributed by atoms with Crippen molar-refractivity contribution < 1.29 is 13.6 Å². The van der Waals surface area contributed by atoms with Crippen molar-refractivity contribution in [3.63, 3.8) is 0 Å². The van der Waals surface area contributed by atoms with Gasteiger partial charge in [-0.15, -0.1) is 0 Å². The summed E-state index contributed by atoms with van der Waals surface area (Å²) in [5.74, 6) is -1.29. The highest BCUT2D eigenvalue weighted by Gasteiger charge is 2.21. The van der Waals surface area contributed by atoms with Crippen molar-refractivity contribution in [2.45, 2.75) is 31.8 Å². The number of nitrogens with zero attached hydrogens (tertiary/aromatic N) is 1. The fourth-order valence-corrected chi connectivity index (χ4v) is 2.74. The molecular formula is C16H18F2N4O. The van der Waals surface area contributed by atoms with Crippen molar-refractivity contribution in [3.05, 3.63) is 41.6 Å². The molecule has 1 fully saturated rings. The van der Waals surface area contributed by atoms with Crippen molar-refractivity contribution in [2.24, 2.45) is 0 Å². The predicted octanol–water partition coefficient (Wildman–Crippen LogP) is 2.11. The smallest absolute Gasteiger partial charge is 0.237 e. The van der Waals surface area contributed by atoms with Gasteiger partial charge < -0.3 is 10.6 Å². The van der Waals surface area contributed by atoms with E-state index in [0.29, 0.717) is 18.8 Å². The van der Waals surface area contributed by atoms with Crippen LogP contribution in [0.2, 0.25) is 0 Å². The number of benzene rings is 1. The maximum atomic E-state index is 13.9. The summed E-state index contributed by atoms with van der Waals surface area (Å²) in [4.78, 5) is 11.9. The Morgan fingerprint density at radius 1 is 1.30 bits per heavy atom. The molecule has 23 heavy (non-hydrogen) atoms. The van der Waals surface area contributed by atoms with Crippen LogP contribution in [0.5, 0.6) is 0 Å². The number of aromatic nitrogens is 2. The molecule has 0 bridgehead atoms. The van der Waals surface area contributed by atoms with Gasteiger partial charge in [0.2, 0.25) is 5.91 Å². The largest absolute Gasteiger partial charge is 0.355 e. The molecule has 5 nitrogen and oxygen atoms in total. The lowest BCUT2D eigenvalue weighted by Gasteiger charge is -2.15. The highest BCUT2D eigenvalue weighted by atomic mass is 19.1. The fraction of sp³-hybridized carbons (Fsp3) is 0.375. The van der Waals surface area contributed by atoms with Crippen LogP contribution in [0.1, 0.15) is 24.8 Å². The lowest BCUT2D eigenvalue weighted by molar-refractivity contribution is -0.122. The van der Waals surface area contributed by atoms with Crippen molar-refractivity contribution in [1.29, 1.82) is 0 Å². The lowest BCUT2D eigenvalue weighted by atomic mass is 10.1. The van der Waals surface area contributed by atoms with Gasteiger partial charge in [0.1, 0.15) is 11.6 Å². The van der Waals surface area contributed by atoms with Crippen LogP contribution in [0.4, 0.5) is 8.78 Å². The van der Waals surface area contributed by atoms with E-state index >= 15 is 0 Å². The van der Waals surface area contributed by atoms with Crippen molar-refractivity contribution in [2.75, 3.05) is 6.54 Å². The van der Waals surface area contributed by atoms with Gasteiger partial charge >= 0.3 is 0 Å². The molecule has 2 heterocycles. The second-order valence-corrected chi connectivity index (χ2v) is 5.61. The van der Waals surface area contributed by atoms with E-state index in [0.717, 1.165) is 30.9 Å². The fourth-order valence-electron chi connectivity index (χ4n) is 2.74. The maximum absolute atomic E-state index is 13.9. The standard InChI is InChI=1S/C16H18F2N4O/c17-11-4-5-12(13(18)7-11)15-10(9-21-22-15)8-20-14-3-1-2-6-19-16(14)23/h4-5,7,9,14,20H,1-3,6,8H2,(H,19,23)(H,21,22)/t14-/m0/s1. The van der Waals surface area contributed by atoms with E-state index in [9.17, 15) is 13.6 Å². The molecule has 7 heteroatoms. The Bertz CT molecular complexity index is 701. The Morgan fingerprint density at radius 3 is 3.00 bits per heavy atom. The second kappa shape index (κ2) is 6.87. The van der Waals surface area contributed by atoms with Crippen LogP contribution in [0.15, 0.2) is 24.4 Å². The van der Waals surface area contributed by atoms with Crippen molar-refractivity contribution in [1.82, 2.24) is 20.8 Å². The Morgan fingerprint density at radius 2 is 2.17 bits per heavy atom. The van der Waals surface area contributed by atoms with Crippen LogP contribution in [0.3, 0.4) is 0 Å². The van der Waals surface area contributed by atoms with E-state index in [1.54, 1.807) is 6.20 Å². The molecule has 1 aliphatic rings. The number of carbonyl (C=O) groups is 1. The average Bonchev–Trinajstić information content (AvgIpc) is 2.88. The van der Waals surface area contributed by atoms with Gasteiger partial charge in [-0.3, -0.25) is 9.89 Å². The van der Waals surface area contributed by atoms with Crippen LogP contribution < -0.4 is 10.6 Å². The minimum atomic E-state index is -0.650. The van der Waals surface area contributed by atoms with Gasteiger partial charge in [-0.2, -0.15) is 5.10 Å². The van der Waals surface area contributed by atoms with Gasteiger partial charge in [0, 0.05) is 30.3 Å². The summed E-state index contributed by atoms with van der Waals surface area (Å²) in [7, 11) is 0. The van der Waals surface area contributed by atoms with Gasteiger partial charge in [-0.05, 0) is 31.4 Å². The van der Waals surface area contributed by atoms with Gasteiger partial charge in [-0.1, -0.05) is 0 Å². The number of rotatable bonds is 4. The van der Waals surface area contributed by atoms with Crippen LogP contribution in [-0.4, -0.2) is 28.7 Å². The highest BCUT2D eigenvalue weighted by molar-refractivity contribution is 5.81. The van der Waals surface area contributed by atoms with Crippen LogP contribution in [-0.2, 0) is 11.3 Å². The summed E-state index contributed by atoms with van der Waals surface area (Å²) in [6.45, 7) is 1.08. The Kier molecular flexibility index (Phi) is 4.66. The number of carbonyl (C=O) groups excluding carboxylic acids is 1. The van der Waals surface area contributed by atoms with Crippen LogP contribution >= 0.6 is 0 Å². The number of aromatic amines is 1. The molecule has 1 atom stereocenters. The highest BCUT2D eigenvalue weighted by Crippen LogP contribution is 2.25. The molecular weight excluding hydrogens is 302 g/mol. The molecule has 0 unspecified atom stereocenters. The summed E-state index contributed by atoms with van der Waals surface area (Å²) in [5, 5.41) is 12.7. The lowest BCUT2D eigenvalue weighted by Crippen LogP contribution is -2.42. The first-order chi connectivity index (χ1) is 11.1. The second-order valence-electron chi connectivity index (χ2n) is 5.61. The summed E-state index contributed by atoms with van der Waals surface area (Å²) in [5.41, 5.74) is 1.47. The minimum Gasteiger partial charge on any atom is -0.355 e. The monoisotopic (exact) mass is 320 g/mol. The quantitative estimate of drug-likeness (QED) is 0.808. The molecule has 3 rings (SSSR count). The van der Waals surface area contributed by atoms with Crippen LogP contribution in [0.25, 0.3) is 11.3 Å². The predicted molar refractivity (Wildman–Crippen MR) is 81.4 cm³/mol. The van der Waals surface area contributed by atoms with E-state index in [1.165, 1.54) is 12.1 Å². The number of H-pyrrole nitrogens is 1. The third-order valence-electron chi connectivity index (χ3n) is 3.99. The number of hydrogen-bond acceptors (Lipinski definition) is 3. The number of amides is 1. The van der Waals surface area contributed by atoms with Gasteiger partial charge in [0.25, 0.3) is 0 Å². The number of halogens is 2. The third-order valence-corrected chi connectivity index (χ3v) is 3.99. The molecule has 3 N–H and O–H groups in total. The maximum Gasteiger partial charge on any atom is 0.237 e. The minimum absolute atomic E-state index is 0.0134. The third kappa shape index (κ3) is 3.56. The molecule has 0 saturated carbocycles. The Labute approximate surface area is 132 Å². The van der Waals surface area contributed by atoms with Crippen molar-refractivity contribution >= 4 is 5.91 Å². The molecule has 2 aromatic rings. The first-order valence-electron chi connectivity index (χ1n) is 7.64. The van der Waals surface area contributed by atoms with E-state index in [1.807, 2.05) is 0 Å². The van der Waals surface area contributed by atoms with E-state index < -0.39 is 11.6 Å². The van der Waals surface area contributed by atoms with Gasteiger partial charge in [0.05, 0.1) is 17.9 Å². The molecule has 1 aliphatic heterocycles. The first kappa shape index (κ1) is 15.6.